The Bertz CT molecular complexity index is 274. The first-order valence-corrected chi connectivity index (χ1v) is 4.59. The second-order valence-electron chi connectivity index (χ2n) is 4.35. The molecule has 1 heterocycles. The van der Waals surface area contributed by atoms with Gasteiger partial charge in [-0.05, 0) is 13.8 Å². The molecule has 0 amide bonds. The molecule has 3 N–H and O–H groups in total. The predicted octanol–water partition coefficient (Wildman–Crippen LogP) is -0.195. The third kappa shape index (κ3) is 2.47. The first kappa shape index (κ1) is 11.0. The summed E-state index contributed by atoms with van der Waals surface area (Å²) in [6.45, 7) is 5.05. The van der Waals surface area contributed by atoms with E-state index in [4.69, 9.17) is 11.5 Å². The molecule has 1 aliphatic heterocycles. The fraction of sp³-hybridized carbons (Fsp3) is 0.700. The zero-order valence-electron chi connectivity index (χ0n) is 8.55. The van der Waals surface area contributed by atoms with Gasteiger partial charge in [0.1, 0.15) is 0 Å². The lowest BCUT2D eigenvalue weighted by Crippen LogP contribution is -2.72. The first-order chi connectivity index (χ1) is 6.39. The summed E-state index contributed by atoms with van der Waals surface area (Å²) in [6.07, 6.45) is 5.45. The van der Waals surface area contributed by atoms with Gasteiger partial charge in [0.15, 0.2) is 0 Å². The van der Waals surface area contributed by atoms with Crippen LogP contribution in [0.15, 0.2) is 0 Å². The van der Waals surface area contributed by atoms with Crippen LogP contribution >= 0.6 is 0 Å². The first-order valence-electron chi connectivity index (χ1n) is 4.59. The van der Waals surface area contributed by atoms with Crippen LogP contribution in [0.3, 0.4) is 0 Å². The molecule has 0 aliphatic carbocycles. The van der Waals surface area contributed by atoms with Gasteiger partial charge in [-0.2, -0.15) is 0 Å². The molecule has 78 valence electrons. The van der Waals surface area contributed by atoms with Crippen LogP contribution in [0.25, 0.3) is 0 Å². The normalized spacial score (nSPS) is 19.5. The van der Waals surface area contributed by atoms with Crippen molar-refractivity contribution < 1.29 is 9.90 Å². The maximum Gasteiger partial charge on any atom is 0.305 e. The molecule has 1 saturated heterocycles. The molecular formula is C10H16N2O2. The smallest absolute Gasteiger partial charge is 0.305 e. The Kier molecular flexibility index (Phi) is 2.84. The number of hydrogen-bond donors (Lipinski definition) is 3. The molecule has 0 unspecified atom stereocenters. The Hall–Kier alpha value is -1.05. The van der Waals surface area contributed by atoms with E-state index in [0.717, 1.165) is 0 Å². The lowest BCUT2D eigenvalue weighted by molar-refractivity contribution is -0.139. The van der Waals surface area contributed by atoms with E-state index in [1.165, 1.54) is 0 Å². The van der Waals surface area contributed by atoms with Crippen LogP contribution in [0, 0.1) is 12.3 Å². The summed E-state index contributed by atoms with van der Waals surface area (Å²) in [4.78, 5) is 10.7. The van der Waals surface area contributed by atoms with Crippen LogP contribution in [0.2, 0.25) is 0 Å². The number of carboxylic acids is 1. The topological polar surface area (TPSA) is 61.4 Å². The van der Waals surface area contributed by atoms with Crippen molar-refractivity contribution in [3.8, 4) is 12.3 Å². The van der Waals surface area contributed by atoms with E-state index >= 15 is 0 Å². The minimum Gasteiger partial charge on any atom is -0.481 e. The predicted molar refractivity (Wildman–Crippen MR) is 53.9 cm³/mol. The highest BCUT2D eigenvalue weighted by Gasteiger charge is 2.41. The van der Waals surface area contributed by atoms with E-state index in [9.17, 15) is 4.79 Å². The van der Waals surface area contributed by atoms with Crippen molar-refractivity contribution in [2.75, 3.05) is 13.1 Å². The van der Waals surface area contributed by atoms with Gasteiger partial charge in [-0.1, -0.05) is 5.92 Å². The van der Waals surface area contributed by atoms with E-state index in [0.29, 0.717) is 13.1 Å². The van der Waals surface area contributed by atoms with Gasteiger partial charge >= 0.3 is 5.97 Å². The Balaban J connectivity index is 2.63. The summed E-state index contributed by atoms with van der Waals surface area (Å²) in [5.41, 5.74) is -0.834. The molecule has 1 rings (SSSR count). The quantitative estimate of drug-likeness (QED) is 0.545. The molecule has 4 nitrogen and oxygen atoms in total. The van der Waals surface area contributed by atoms with Gasteiger partial charge in [-0.25, -0.2) is 0 Å². The van der Waals surface area contributed by atoms with Crippen molar-refractivity contribution in [2.45, 2.75) is 31.3 Å². The number of hydrogen-bond acceptors (Lipinski definition) is 3. The van der Waals surface area contributed by atoms with Crippen LogP contribution < -0.4 is 10.6 Å². The minimum atomic E-state index is -0.799. The Morgan fingerprint density at radius 2 is 2.29 bits per heavy atom. The Morgan fingerprint density at radius 3 is 2.57 bits per heavy atom. The van der Waals surface area contributed by atoms with Crippen molar-refractivity contribution in [3.63, 3.8) is 0 Å². The monoisotopic (exact) mass is 196 g/mol. The lowest BCUT2D eigenvalue weighted by Gasteiger charge is -2.46. The van der Waals surface area contributed by atoms with Crippen molar-refractivity contribution in [2.24, 2.45) is 0 Å². The van der Waals surface area contributed by atoms with Gasteiger partial charge in [-0.3, -0.25) is 10.1 Å². The summed E-state index contributed by atoms with van der Waals surface area (Å²) < 4.78 is 0. The number of carboxylic acid groups (broad SMARTS) is 1. The molecule has 4 heteroatoms. The maximum absolute atomic E-state index is 10.7. The Morgan fingerprint density at radius 1 is 1.71 bits per heavy atom. The van der Waals surface area contributed by atoms with Gasteiger partial charge in [0.05, 0.1) is 17.5 Å². The summed E-state index contributed by atoms with van der Waals surface area (Å²) in [6, 6.07) is 0. The average molecular weight is 196 g/mol. The van der Waals surface area contributed by atoms with Crippen LogP contribution in [0.5, 0.6) is 0 Å². The standard InChI is InChI=1S/C10H16N2O2/c1-4-9(2,3)12-10(5-8(13)14)6-11-7-10/h1,11-12H,5-7H2,2-3H3,(H,13,14). The second-order valence-corrected chi connectivity index (χ2v) is 4.35. The van der Waals surface area contributed by atoms with Crippen LogP contribution in [-0.4, -0.2) is 35.2 Å². The zero-order valence-corrected chi connectivity index (χ0v) is 8.55. The highest BCUT2D eigenvalue weighted by atomic mass is 16.4. The molecule has 0 radical (unpaired) electrons. The van der Waals surface area contributed by atoms with E-state index in [1.807, 2.05) is 13.8 Å². The number of rotatable bonds is 4. The van der Waals surface area contributed by atoms with Gasteiger partial charge in [0, 0.05) is 13.1 Å². The van der Waals surface area contributed by atoms with Crippen molar-refractivity contribution in [1.82, 2.24) is 10.6 Å². The molecule has 1 aliphatic rings. The molecule has 1 fully saturated rings. The lowest BCUT2D eigenvalue weighted by atomic mass is 9.85. The molecule has 0 atom stereocenters. The number of terminal acetylenes is 1. The van der Waals surface area contributed by atoms with Gasteiger partial charge in [0.25, 0.3) is 0 Å². The van der Waals surface area contributed by atoms with Crippen molar-refractivity contribution >= 4 is 5.97 Å². The zero-order chi connectivity index (χ0) is 10.8. The number of nitrogens with one attached hydrogen (secondary N) is 2. The van der Waals surface area contributed by atoms with E-state index in [2.05, 4.69) is 16.6 Å². The van der Waals surface area contributed by atoms with E-state index in [1.54, 1.807) is 0 Å². The summed E-state index contributed by atoms with van der Waals surface area (Å²) in [5, 5.41) is 15.0. The molecule has 0 aromatic rings. The van der Waals surface area contributed by atoms with Gasteiger partial charge < -0.3 is 10.4 Å². The fourth-order valence-corrected chi connectivity index (χ4v) is 1.67. The third-order valence-corrected chi connectivity index (χ3v) is 2.35. The van der Waals surface area contributed by atoms with Crippen LogP contribution in [0.1, 0.15) is 20.3 Å². The minimum absolute atomic E-state index is 0.102. The second kappa shape index (κ2) is 3.60. The van der Waals surface area contributed by atoms with Crippen LogP contribution in [0.4, 0.5) is 0 Å². The molecule has 0 aromatic carbocycles. The average Bonchev–Trinajstić information content (AvgIpc) is 1.99. The SMILES string of the molecule is C#CC(C)(C)NC1(CC(=O)O)CNC1. The third-order valence-electron chi connectivity index (χ3n) is 2.35. The van der Waals surface area contributed by atoms with E-state index < -0.39 is 11.5 Å². The fourth-order valence-electron chi connectivity index (χ4n) is 1.67. The van der Waals surface area contributed by atoms with Crippen molar-refractivity contribution in [3.05, 3.63) is 0 Å². The highest BCUT2D eigenvalue weighted by molar-refractivity contribution is 5.69. The molecule has 0 spiro atoms. The maximum atomic E-state index is 10.7. The highest BCUT2D eigenvalue weighted by Crippen LogP contribution is 2.19. The van der Waals surface area contributed by atoms with Gasteiger partial charge in [-0.15, -0.1) is 6.42 Å². The summed E-state index contributed by atoms with van der Waals surface area (Å²) >= 11 is 0. The van der Waals surface area contributed by atoms with Crippen LogP contribution in [-0.2, 0) is 4.79 Å². The molecule has 0 bridgehead atoms. The van der Waals surface area contributed by atoms with Gasteiger partial charge in [0.2, 0.25) is 0 Å². The number of aliphatic carboxylic acids is 1. The molecular weight excluding hydrogens is 180 g/mol. The molecule has 0 saturated carbocycles. The number of carbonyl (C=O) groups is 1. The van der Waals surface area contributed by atoms with Crippen molar-refractivity contribution in [1.29, 1.82) is 0 Å². The van der Waals surface area contributed by atoms with E-state index in [-0.39, 0.29) is 12.0 Å². The molecule has 0 aromatic heterocycles. The Labute approximate surface area is 84.1 Å². The largest absolute Gasteiger partial charge is 0.481 e. The summed E-state index contributed by atoms with van der Waals surface area (Å²) in [7, 11) is 0. The summed E-state index contributed by atoms with van der Waals surface area (Å²) in [5.74, 6) is 1.81. The molecule has 14 heavy (non-hydrogen) atoms.